The normalized spacial score (nSPS) is 11.7. The molecular formula is C21H24Cl2N2O3. The SMILES string of the molecule is COCCNC(=O)[C@@H](C)N(Cc1ccc(Cl)cc1)C(=O)Cc1ccc(Cl)cc1. The molecule has 28 heavy (non-hydrogen) atoms. The fraction of sp³-hybridized carbons (Fsp3) is 0.333. The third-order valence-corrected chi connectivity index (χ3v) is 4.81. The van der Waals surface area contributed by atoms with Crippen LogP contribution < -0.4 is 5.32 Å². The van der Waals surface area contributed by atoms with Gasteiger partial charge in [-0.1, -0.05) is 47.5 Å². The van der Waals surface area contributed by atoms with E-state index in [4.69, 9.17) is 27.9 Å². The molecule has 2 aromatic rings. The second-order valence-electron chi connectivity index (χ2n) is 6.41. The van der Waals surface area contributed by atoms with E-state index in [0.717, 1.165) is 11.1 Å². The van der Waals surface area contributed by atoms with Gasteiger partial charge in [0.15, 0.2) is 0 Å². The van der Waals surface area contributed by atoms with Crippen LogP contribution >= 0.6 is 23.2 Å². The Balaban J connectivity index is 2.15. The second kappa shape index (κ2) is 11.1. The van der Waals surface area contributed by atoms with Crippen LogP contribution in [0.3, 0.4) is 0 Å². The summed E-state index contributed by atoms with van der Waals surface area (Å²) >= 11 is 11.9. The minimum absolute atomic E-state index is 0.147. The lowest BCUT2D eigenvalue weighted by Gasteiger charge is -2.29. The van der Waals surface area contributed by atoms with Gasteiger partial charge in [-0.05, 0) is 42.3 Å². The number of methoxy groups -OCH3 is 1. The molecule has 5 nitrogen and oxygen atoms in total. The van der Waals surface area contributed by atoms with Crippen LogP contribution in [0.25, 0.3) is 0 Å². The Kier molecular flexibility index (Phi) is 8.77. The van der Waals surface area contributed by atoms with Crippen molar-refractivity contribution >= 4 is 35.0 Å². The largest absolute Gasteiger partial charge is 0.383 e. The molecule has 0 unspecified atom stereocenters. The van der Waals surface area contributed by atoms with Crippen LogP contribution in [0.5, 0.6) is 0 Å². The Morgan fingerprint density at radius 1 is 1.00 bits per heavy atom. The zero-order valence-corrected chi connectivity index (χ0v) is 17.5. The van der Waals surface area contributed by atoms with Crippen molar-refractivity contribution in [3.05, 3.63) is 69.7 Å². The van der Waals surface area contributed by atoms with Gasteiger partial charge in [-0.15, -0.1) is 0 Å². The highest BCUT2D eigenvalue weighted by Crippen LogP contribution is 2.16. The van der Waals surface area contributed by atoms with Gasteiger partial charge in [-0.2, -0.15) is 0 Å². The number of carbonyl (C=O) groups is 2. The van der Waals surface area contributed by atoms with Gasteiger partial charge in [0.2, 0.25) is 11.8 Å². The monoisotopic (exact) mass is 422 g/mol. The Labute approximate surface area is 175 Å². The molecule has 1 N–H and O–H groups in total. The zero-order chi connectivity index (χ0) is 20.5. The molecule has 0 aliphatic rings. The van der Waals surface area contributed by atoms with Crippen molar-refractivity contribution in [1.82, 2.24) is 10.2 Å². The first kappa shape index (κ1) is 22.2. The van der Waals surface area contributed by atoms with Gasteiger partial charge in [0.25, 0.3) is 0 Å². The second-order valence-corrected chi connectivity index (χ2v) is 7.28. The lowest BCUT2D eigenvalue weighted by molar-refractivity contribution is -0.140. The van der Waals surface area contributed by atoms with Gasteiger partial charge < -0.3 is 15.0 Å². The molecule has 0 aliphatic carbocycles. The van der Waals surface area contributed by atoms with Crippen LogP contribution in [-0.2, 0) is 27.3 Å². The summed E-state index contributed by atoms with van der Waals surface area (Å²) in [4.78, 5) is 27.1. The third-order valence-electron chi connectivity index (χ3n) is 4.31. The summed E-state index contributed by atoms with van der Waals surface area (Å²) in [6, 6.07) is 13.7. The van der Waals surface area contributed by atoms with Crippen LogP contribution in [0.1, 0.15) is 18.1 Å². The Bertz CT molecular complexity index is 779. The highest BCUT2D eigenvalue weighted by atomic mass is 35.5. The summed E-state index contributed by atoms with van der Waals surface area (Å²) in [6.07, 6.45) is 0.181. The number of hydrogen-bond donors (Lipinski definition) is 1. The molecule has 2 rings (SSSR count). The number of ether oxygens (including phenoxy) is 1. The summed E-state index contributed by atoms with van der Waals surface area (Å²) in [5.41, 5.74) is 1.73. The van der Waals surface area contributed by atoms with Crippen LogP contribution in [0, 0.1) is 0 Å². The van der Waals surface area contributed by atoms with Crippen molar-refractivity contribution in [3.63, 3.8) is 0 Å². The summed E-state index contributed by atoms with van der Waals surface area (Å²) in [5.74, 6) is -0.373. The first-order valence-electron chi connectivity index (χ1n) is 8.95. The number of benzene rings is 2. The van der Waals surface area contributed by atoms with E-state index in [0.29, 0.717) is 29.7 Å². The van der Waals surface area contributed by atoms with E-state index in [1.807, 2.05) is 24.3 Å². The minimum atomic E-state index is -0.632. The molecule has 0 heterocycles. The smallest absolute Gasteiger partial charge is 0.242 e. The first-order chi connectivity index (χ1) is 13.4. The molecule has 0 spiro atoms. The van der Waals surface area contributed by atoms with Gasteiger partial charge in [0.1, 0.15) is 6.04 Å². The van der Waals surface area contributed by atoms with Gasteiger partial charge in [-0.25, -0.2) is 0 Å². The quantitative estimate of drug-likeness (QED) is 0.626. The van der Waals surface area contributed by atoms with Crippen LogP contribution in [0.15, 0.2) is 48.5 Å². The predicted molar refractivity (Wildman–Crippen MR) is 112 cm³/mol. The zero-order valence-electron chi connectivity index (χ0n) is 16.0. The number of carbonyl (C=O) groups excluding carboxylic acids is 2. The van der Waals surface area contributed by atoms with Crippen LogP contribution in [0.2, 0.25) is 10.0 Å². The topological polar surface area (TPSA) is 58.6 Å². The summed E-state index contributed by atoms with van der Waals surface area (Å²) in [6.45, 7) is 2.83. The van der Waals surface area contributed by atoms with E-state index in [1.54, 1.807) is 43.2 Å². The number of nitrogens with zero attached hydrogens (tertiary/aromatic N) is 1. The maximum Gasteiger partial charge on any atom is 0.242 e. The molecule has 2 amide bonds. The highest BCUT2D eigenvalue weighted by Gasteiger charge is 2.26. The molecule has 150 valence electrons. The highest BCUT2D eigenvalue weighted by molar-refractivity contribution is 6.30. The maximum atomic E-state index is 13.0. The Morgan fingerprint density at radius 3 is 2.07 bits per heavy atom. The standard InChI is InChI=1S/C21H24Cl2N2O3/c1-15(21(27)24-11-12-28-2)25(14-17-5-9-19(23)10-6-17)20(26)13-16-3-7-18(22)8-4-16/h3-10,15H,11-14H2,1-2H3,(H,24,27)/t15-/m1/s1. The Hall–Kier alpha value is -2.08. The van der Waals surface area contributed by atoms with Crippen molar-refractivity contribution in [3.8, 4) is 0 Å². The van der Waals surface area contributed by atoms with E-state index in [2.05, 4.69) is 5.32 Å². The summed E-state index contributed by atoms with van der Waals surface area (Å²) in [7, 11) is 1.57. The predicted octanol–water partition coefficient (Wildman–Crippen LogP) is 3.72. The van der Waals surface area contributed by atoms with Crippen molar-refractivity contribution in [2.45, 2.75) is 25.9 Å². The van der Waals surface area contributed by atoms with Crippen molar-refractivity contribution in [2.75, 3.05) is 20.3 Å². The van der Waals surface area contributed by atoms with E-state index in [9.17, 15) is 9.59 Å². The number of amides is 2. The molecule has 2 aromatic carbocycles. The van der Waals surface area contributed by atoms with E-state index in [-0.39, 0.29) is 18.2 Å². The maximum absolute atomic E-state index is 13.0. The van der Waals surface area contributed by atoms with E-state index in [1.165, 1.54) is 0 Å². The molecule has 1 atom stereocenters. The molecule has 0 saturated carbocycles. The molecule has 0 fully saturated rings. The van der Waals surface area contributed by atoms with Gasteiger partial charge in [-0.3, -0.25) is 9.59 Å². The van der Waals surface area contributed by atoms with Gasteiger partial charge in [0.05, 0.1) is 13.0 Å². The van der Waals surface area contributed by atoms with Crippen molar-refractivity contribution in [2.24, 2.45) is 0 Å². The summed E-state index contributed by atoms with van der Waals surface area (Å²) < 4.78 is 4.96. The molecule has 7 heteroatoms. The van der Waals surface area contributed by atoms with Crippen molar-refractivity contribution in [1.29, 1.82) is 0 Å². The summed E-state index contributed by atoms with van der Waals surface area (Å²) in [5, 5.41) is 4.02. The number of rotatable bonds is 9. The Morgan fingerprint density at radius 2 is 1.54 bits per heavy atom. The average molecular weight is 423 g/mol. The average Bonchev–Trinajstić information content (AvgIpc) is 2.68. The number of nitrogens with one attached hydrogen (secondary N) is 1. The molecule has 0 aromatic heterocycles. The number of hydrogen-bond acceptors (Lipinski definition) is 3. The van der Waals surface area contributed by atoms with Crippen LogP contribution in [-0.4, -0.2) is 43.0 Å². The first-order valence-corrected chi connectivity index (χ1v) is 9.71. The number of halogens is 2. The van der Waals surface area contributed by atoms with Gasteiger partial charge in [0, 0.05) is 30.2 Å². The van der Waals surface area contributed by atoms with E-state index < -0.39 is 6.04 Å². The fourth-order valence-corrected chi connectivity index (χ4v) is 2.92. The third kappa shape index (κ3) is 6.82. The lowest BCUT2D eigenvalue weighted by atomic mass is 10.1. The molecule has 0 aliphatic heterocycles. The van der Waals surface area contributed by atoms with Gasteiger partial charge >= 0.3 is 0 Å². The molecule has 0 bridgehead atoms. The molecular weight excluding hydrogens is 399 g/mol. The van der Waals surface area contributed by atoms with Crippen molar-refractivity contribution < 1.29 is 14.3 Å². The molecule has 0 saturated heterocycles. The fourth-order valence-electron chi connectivity index (χ4n) is 2.67. The van der Waals surface area contributed by atoms with Crippen LogP contribution in [0.4, 0.5) is 0 Å². The lowest BCUT2D eigenvalue weighted by Crippen LogP contribution is -2.48. The van der Waals surface area contributed by atoms with E-state index >= 15 is 0 Å². The minimum Gasteiger partial charge on any atom is -0.383 e. The molecule has 0 radical (unpaired) electrons.